The average Bonchev–Trinajstić information content (AvgIpc) is 2.55. The van der Waals surface area contributed by atoms with Gasteiger partial charge in [-0.2, -0.15) is 0 Å². The smallest absolute Gasteiger partial charge is 0.245 e. The van der Waals surface area contributed by atoms with Gasteiger partial charge < -0.3 is 5.32 Å². The van der Waals surface area contributed by atoms with Crippen molar-refractivity contribution in [2.75, 3.05) is 22.4 Å². The molecular formula is C17H18F2N2O3S. The Hall–Kier alpha value is -2.48. The van der Waals surface area contributed by atoms with Gasteiger partial charge in [0.25, 0.3) is 0 Å². The zero-order valence-electron chi connectivity index (χ0n) is 13.8. The van der Waals surface area contributed by atoms with Crippen LogP contribution >= 0.6 is 0 Å². The van der Waals surface area contributed by atoms with Crippen LogP contribution in [0.2, 0.25) is 0 Å². The summed E-state index contributed by atoms with van der Waals surface area (Å²) in [4.78, 5) is 12.2. The number of carbonyl (C=O) groups is 1. The highest BCUT2D eigenvalue weighted by Gasteiger charge is 2.23. The van der Waals surface area contributed by atoms with Crippen molar-refractivity contribution >= 4 is 27.3 Å². The van der Waals surface area contributed by atoms with Gasteiger partial charge in [0.2, 0.25) is 15.9 Å². The van der Waals surface area contributed by atoms with E-state index in [0.717, 1.165) is 28.3 Å². The number of hydrogen-bond acceptors (Lipinski definition) is 3. The third kappa shape index (κ3) is 4.54. The molecular weight excluding hydrogens is 350 g/mol. The van der Waals surface area contributed by atoms with Crippen molar-refractivity contribution < 1.29 is 22.0 Å². The predicted octanol–water partition coefficient (Wildman–Crippen LogP) is 2.93. The molecule has 2 rings (SSSR count). The second-order valence-corrected chi connectivity index (χ2v) is 7.30. The van der Waals surface area contributed by atoms with E-state index in [4.69, 9.17) is 0 Å². The van der Waals surface area contributed by atoms with Crippen LogP contribution in [0.1, 0.15) is 12.5 Å². The number of para-hydroxylation sites is 2. The molecule has 1 amide bonds. The van der Waals surface area contributed by atoms with Crippen LogP contribution < -0.4 is 9.62 Å². The first-order valence-corrected chi connectivity index (χ1v) is 9.38. The Bertz CT molecular complexity index is 865. The Morgan fingerprint density at radius 3 is 2.24 bits per heavy atom. The van der Waals surface area contributed by atoms with Crippen molar-refractivity contribution in [3.05, 3.63) is 59.7 Å². The third-order valence-electron chi connectivity index (χ3n) is 3.56. The molecule has 0 aromatic heterocycles. The maximum absolute atomic E-state index is 13.6. The topological polar surface area (TPSA) is 66.5 Å². The second kappa shape index (κ2) is 7.60. The monoisotopic (exact) mass is 368 g/mol. The highest BCUT2D eigenvalue weighted by atomic mass is 32.2. The van der Waals surface area contributed by atoms with Gasteiger partial charge in [-0.25, -0.2) is 17.2 Å². The summed E-state index contributed by atoms with van der Waals surface area (Å²) in [6.45, 7) is 1.26. The zero-order valence-corrected chi connectivity index (χ0v) is 14.6. The fourth-order valence-electron chi connectivity index (χ4n) is 2.36. The third-order valence-corrected chi connectivity index (χ3v) is 4.68. The molecule has 2 aromatic rings. The Kier molecular flexibility index (Phi) is 5.73. The number of sulfonamides is 1. The number of halogens is 2. The maximum atomic E-state index is 13.6. The average molecular weight is 368 g/mol. The lowest BCUT2D eigenvalue weighted by Gasteiger charge is -2.24. The molecule has 0 aliphatic rings. The molecule has 1 N–H and O–H groups in total. The fraction of sp³-hybridized carbons (Fsp3) is 0.235. The van der Waals surface area contributed by atoms with Crippen molar-refractivity contribution in [3.63, 3.8) is 0 Å². The van der Waals surface area contributed by atoms with Gasteiger partial charge in [0.1, 0.15) is 23.9 Å². The summed E-state index contributed by atoms with van der Waals surface area (Å²) in [5, 5.41) is 2.09. The summed E-state index contributed by atoms with van der Waals surface area (Å²) >= 11 is 0. The van der Waals surface area contributed by atoms with Crippen LogP contribution in [-0.4, -0.2) is 27.1 Å². The van der Waals surface area contributed by atoms with Crippen LogP contribution in [0.3, 0.4) is 0 Å². The van der Waals surface area contributed by atoms with Crippen molar-refractivity contribution in [3.8, 4) is 0 Å². The summed E-state index contributed by atoms with van der Waals surface area (Å²) in [6.07, 6.45) is 1.53. The van der Waals surface area contributed by atoms with Crippen molar-refractivity contribution in [1.29, 1.82) is 0 Å². The molecule has 0 atom stereocenters. The Morgan fingerprint density at radius 1 is 1.08 bits per heavy atom. The largest absolute Gasteiger partial charge is 0.320 e. The van der Waals surface area contributed by atoms with Gasteiger partial charge in [-0.15, -0.1) is 0 Å². The van der Waals surface area contributed by atoms with E-state index in [0.29, 0.717) is 12.1 Å². The lowest BCUT2D eigenvalue weighted by atomic mass is 10.1. The lowest BCUT2D eigenvalue weighted by Crippen LogP contribution is -2.38. The molecule has 2 aromatic carbocycles. The number of nitrogens with zero attached hydrogens (tertiary/aromatic N) is 1. The van der Waals surface area contributed by atoms with Crippen LogP contribution in [0, 0.1) is 11.6 Å². The Labute approximate surface area is 145 Å². The van der Waals surface area contributed by atoms with E-state index in [1.165, 1.54) is 6.07 Å². The summed E-state index contributed by atoms with van der Waals surface area (Å²) in [5.74, 6) is -2.72. The van der Waals surface area contributed by atoms with Gasteiger partial charge >= 0.3 is 0 Å². The molecule has 134 valence electrons. The minimum Gasteiger partial charge on any atom is -0.320 e. The van der Waals surface area contributed by atoms with Gasteiger partial charge in [0.05, 0.1) is 11.9 Å². The number of benzene rings is 2. The number of hydrogen-bond donors (Lipinski definition) is 1. The van der Waals surface area contributed by atoms with Gasteiger partial charge in [-0.3, -0.25) is 9.10 Å². The Balaban J connectivity index is 2.31. The predicted molar refractivity (Wildman–Crippen MR) is 93.0 cm³/mol. The highest BCUT2D eigenvalue weighted by molar-refractivity contribution is 7.92. The Morgan fingerprint density at radius 2 is 1.68 bits per heavy atom. The molecule has 0 saturated carbocycles. The minimum absolute atomic E-state index is 0.358. The van der Waals surface area contributed by atoms with Crippen molar-refractivity contribution in [2.24, 2.45) is 0 Å². The van der Waals surface area contributed by atoms with Crippen molar-refractivity contribution in [1.82, 2.24) is 0 Å². The van der Waals surface area contributed by atoms with Crippen LogP contribution in [-0.2, 0) is 21.2 Å². The summed E-state index contributed by atoms with van der Waals surface area (Å²) in [7, 11) is -3.77. The van der Waals surface area contributed by atoms with E-state index in [1.807, 2.05) is 6.92 Å². The molecule has 0 bridgehead atoms. The first-order chi connectivity index (χ1) is 11.7. The summed E-state index contributed by atoms with van der Waals surface area (Å²) in [6, 6.07) is 9.91. The van der Waals surface area contributed by atoms with Crippen LogP contribution in [0.4, 0.5) is 20.2 Å². The van der Waals surface area contributed by atoms with E-state index in [-0.39, 0.29) is 0 Å². The lowest BCUT2D eigenvalue weighted by molar-refractivity contribution is -0.114. The number of aryl methyl sites for hydroxylation is 1. The van der Waals surface area contributed by atoms with Crippen LogP contribution in [0.25, 0.3) is 0 Å². The second-order valence-electron chi connectivity index (χ2n) is 5.40. The number of nitrogens with one attached hydrogen (secondary N) is 1. The standard InChI is InChI=1S/C17H18F2N2O3S/c1-3-12-7-4-5-10-15(12)21(25(2,23)24)11-16(22)20-17-13(18)8-6-9-14(17)19/h4-10H,3,11H2,1-2H3,(H,20,22). The SMILES string of the molecule is CCc1ccccc1N(CC(=O)Nc1c(F)cccc1F)S(C)(=O)=O. The molecule has 25 heavy (non-hydrogen) atoms. The fourth-order valence-corrected chi connectivity index (χ4v) is 3.25. The maximum Gasteiger partial charge on any atom is 0.245 e. The number of carbonyl (C=O) groups excluding carboxylic acids is 1. The van der Waals surface area contributed by atoms with Gasteiger partial charge in [-0.1, -0.05) is 31.2 Å². The zero-order chi connectivity index (χ0) is 18.6. The summed E-state index contributed by atoms with van der Waals surface area (Å²) in [5.41, 5.74) is 0.485. The van der Waals surface area contributed by atoms with E-state index in [9.17, 15) is 22.0 Å². The summed E-state index contributed by atoms with van der Waals surface area (Å²) < 4.78 is 52.4. The van der Waals surface area contributed by atoms with E-state index < -0.39 is 39.8 Å². The first kappa shape index (κ1) is 18.9. The number of anilines is 2. The van der Waals surface area contributed by atoms with Crippen LogP contribution in [0.5, 0.6) is 0 Å². The van der Waals surface area contributed by atoms with E-state index in [2.05, 4.69) is 5.32 Å². The van der Waals surface area contributed by atoms with Gasteiger partial charge in [0, 0.05) is 0 Å². The molecule has 0 aliphatic heterocycles. The highest BCUT2D eigenvalue weighted by Crippen LogP contribution is 2.24. The molecule has 0 spiro atoms. The quantitative estimate of drug-likeness (QED) is 0.853. The van der Waals surface area contributed by atoms with E-state index >= 15 is 0 Å². The molecule has 5 nitrogen and oxygen atoms in total. The first-order valence-electron chi connectivity index (χ1n) is 7.53. The van der Waals surface area contributed by atoms with Gasteiger partial charge in [0.15, 0.2) is 0 Å². The molecule has 0 unspecified atom stereocenters. The van der Waals surface area contributed by atoms with Crippen LogP contribution in [0.15, 0.2) is 42.5 Å². The number of amides is 1. The molecule has 8 heteroatoms. The van der Waals surface area contributed by atoms with Crippen molar-refractivity contribution in [2.45, 2.75) is 13.3 Å². The molecule has 0 fully saturated rings. The normalized spacial score (nSPS) is 11.2. The van der Waals surface area contributed by atoms with E-state index in [1.54, 1.807) is 24.3 Å². The van der Waals surface area contributed by atoms with Gasteiger partial charge in [-0.05, 0) is 30.2 Å². The molecule has 0 saturated heterocycles. The number of rotatable bonds is 6. The molecule has 0 aliphatic carbocycles. The molecule has 0 heterocycles. The minimum atomic E-state index is -3.77. The molecule has 0 radical (unpaired) electrons.